The fourth-order valence-electron chi connectivity index (χ4n) is 2.50. The van der Waals surface area contributed by atoms with Crippen LogP contribution in [0, 0.1) is 5.41 Å². The van der Waals surface area contributed by atoms with Crippen molar-refractivity contribution in [3.05, 3.63) is 42.4 Å². The molecule has 1 fully saturated rings. The highest BCUT2D eigenvalue weighted by atomic mass is 16.7. The summed E-state index contributed by atoms with van der Waals surface area (Å²) in [4.78, 5) is 12.7. The van der Waals surface area contributed by atoms with Gasteiger partial charge in [0.25, 0.3) is 0 Å². The van der Waals surface area contributed by atoms with Crippen molar-refractivity contribution < 1.29 is 28.2 Å². The summed E-state index contributed by atoms with van der Waals surface area (Å²) in [6.45, 7) is 2.21. The van der Waals surface area contributed by atoms with Crippen molar-refractivity contribution in [3.63, 3.8) is 0 Å². The smallest absolute Gasteiger partial charge is 0.235 e. The molecule has 3 rings (SSSR count). The molecule has 7 heteroatoms. The molecular formula is C18H21NO6. The van der Waals surface area contributed by atoms with Crippen LogP contribution in [0.15, 0.2) is 41.0 Å². The van der Waals surface area contributed by atoms with Crippen LogP contribution in [0.25, 0.3) is 0 Å². The number of furan rings is 1. The van der Waals surface area contributed by atoms with Crippen molar-refractivity contribution in [2.45, 2.75) is 13.2 Å². The lowest BCUT2D eigenvalue weighted by Gasteiger charge is -2.35. The summed E-state index contributed by atoms with van der Waals surface area (Å²) in [7, 11) is 3.10. The highest BCUT2D eigenvalue weighted by molar-refractivity contribution is 5.96. The molecule has 25 heavy (non-hydrogen) atoms. The topological polar surface area (TPSA) is 79.2 Å². The first-order chi connectivity index (χ1) is 12.1. The van der Waals surface area contributed by atoms with Crippen LogP contribution >= 0.6 is 0 Å². The predicted octanol–water partition coefficient (Wildman–Crippen LogP) is 2.99. The first-order valence-corrected chi connectivity index (χ1v) is 7.86. The van der Waals surface area contributed by atoms with Gasteiger partial charge in [0.05, 0.1) is 44.8 Å². The lowest BCUT2D eigenvalue weighted by atomic mass is 9.90. The third-order valence-electron chi connectivity index (χ3n) is 4.09. The molecule has 2 heterocycles. The number of benzene rings is 1. The predicted molar refractivity (Wildman–Crippen MR) is 89.6 cm³/mol. The molecule has 0 spiro atoms. The van der Waals surface area contributed by atoms with Gasteiger partial charge >= 0.3 is 0 Å². The average molecular weight is 347 g/mol. The van der Waals surface area contributed by atoms with Crippen molar-refractivity contribution >= 4 is 11.6 Å². The zero-order chi connectivity index (χ0) is 17.9. The second-order valence-electron chi connectivity index (χ2n) is 6.05. The number of carbonyl (C=O) groups is 1. The van der Waals surface area contributed by atoms with Crippen molar-refractivity contribution in [3.8, 4) is 11.5 Å². The van der Waals surface area contributed by atoms with E-state index < -0.39 is 11.7 Å². The number of ether oxygens (including phenoxy) is 4. The van der Waals surface area contributed by atoms with Crippen LogP contribution in [0.1, 0.15) is 19.0 Å². The second kappa shape index (κ2) is 7.16. The van der Waals surface area contributed by atoms with Gasteiger partial charge in [-0.05, 0) is 31.2 Å². The van der Waals surface area contributed by atoms with Crippen LogP contribution in [0.3, 0.4) is 0 Å². The van der Waals surface area contributed by atoms with E-state index in [0.717, 1.165) is 0 Å². The largest absolute Gasteiger partial charge is 0.497 e. The van der Waals surface area contributed by atoms with Gasteiger partial charge in [-0.25, -0.2) is 0 Å². The Bertz CT molecular complexity index is 719. The lowest BCUT2D eigenvalue weighted by Crippen LogP contribution is -2.45. The molecule has 7 nitrogen and oxygen atoms in total. The van der Waals surface area contributed by atoms with E-state index in [0.29, 0.717) is 22.9 Å². The standard InChI is InChI=1S/C18H21NO6/c1-18(10-24-16(25-11-18)14-5-4-8-23-14)17(20)19-13-7-6-12(21-2)9-15(13)22-3/h4-9,16H,10-11H2,1-3H3,(H,19,20). The summed E-state index contributed by atoms with van der Waals surface area (Å²) >= 11 is 0. The summed E-state index contributed by atoms with van der Waals surface area (Å²) in [6, 6.07) is 8.73. The van der Waals surface area contributed by atoms with Crippen molar-refractivity contribution in [2.24, 2.45) is 5.41 Å². The van der Waals surface area contributed by atoms with E-state index in [1.54, 1.807) is 50.6 Å². The maximum atomic E-state index is 12.7. The molecule has 1 amide bonds. The Hall–Kier alpha value is -2.51. The lowest BCUT2D eigenvalue weighted by molar-refractivity contribution is -0.232. The van der Waals surface area contributed by atoms with Crippen LogP contribution in [-0.2, 0) is 14.3 Å². The van der Waals surface area contributed by atoms with Gasteiger partial charge in [0.15, 0.2) is 5.76 Å². The Morgan fingerprint density at radius 2 is 1.96 bits per heavy atom. The molecule has 1 aliphatic heterocycles. The van der Waals surface area contributed by atoms with Gasteiger partial charge in [0, 0.05) is 6.07 Å². The number of methoxy groups -OCH3 is 2. The second-order valence-corrected chi connectivity index (χ2v) is 6.05. The molecular weight excluding hydrogens is 326 g/mol. The van der Waals surface area contributed by atoms with E-state index in [1.807, 2.05) is 0 Å². The van der Waals surface area contributed by atoms with Gasteiger partial charge in [-0.15, -0.1) is 0 Å². The van der Waals surface area contributed by atoms with E-state index in [-0.39, 0.29) is 19.1 Å². The van der Waals surface area contributed by atoms with Gasteiger partial charge in [-0.1, -0.05) is 0 Å². The molecule has 134 valence electrons. The SMILES string of the molecule is COc1ccc(NC(=O)C2(C)COC(c3ccco3)OC2)c(OC)c1. The number of amides is 1. The van der Waals surface area contributed by atoms with Gasteiger partial charge in [0.2, 0.25) is 12.2 Å². The zero-order valence-electron chi connectivity index (χ0n) is 14.4. The summed E-state index contributed by atoms with van der Waals surface area (Å²) in [5, 5.41) is 2.87. The first kappa shape index (κ1) is 17.3. The molecule has 2 aromatic rings. The Morgan fingerprint density at radius 1 is 1.20 bits per heavy atom. The summed E-state index contributed by atoms with van der Waals surface area (Å²) < 4.78 is 27.1. The maximum Gasteiger partial charge on any atom is 0.235 e. The first-order valence-electron chi connectivity index (χ1n) is 7.86. The van der Waals surface area contributed by atoms with Crippen LogP contribution in [-0.4, -0.2) is 33.3 Å². The molecule has 1 saturated heterocycles. The Morgan fingerprint density at radius 3 is 2.56 bits per heavy atom. The molecule has 0 saturated carbocycles. The molecule has 0 atom stereocenters. The van der Waals surface area contributed by atoms with Crippen molar-refractivity contribution in [1.29, 1.82) is 0 Å². The quantitative estimate of drug-likeness (QED) is 0.896. The number of hydrogen-bond donors (Lipinski definition) is 1. The molecule has 1 aromatic heterocycles. The highest BCUT2D eigenvalue weighted by Gasteiger charge is 2.40. The third-order valence-corrected chi connectivity index (χ3v) is 4.09. The van der Waals surface area contributed by atoms with Crippen LogP contribution in [0.2, 0.25) is 0 Å². The van der Waals surface area contributed by atoms with Gasteiger partial charge in [-0.3, -0.25) is 4.79 Å². The molecule has 0 unspecified atom stereocenters. The van der Waals surface area contributed by atoms with E-state index in [9.17, 15) is 4.79 Å². The maximum absolute atomic E-state index is 12.7. The number of nitrogens with one attached hydrogen (secondary N) is 1. The number of carbonyl (C=O) groups excluding carboxylic acids is 1. The van der Waals surface area contributed by atoms with Gasteiger partial charge in [-0.2, -0.15) is 0 Å². The normalized spacial score (nSPS) is 23.1. The van der Waals surface area contributed by atoms with Gasteiger partial charge in [0.1, 0.15) is 11.5 Å². The Labute approximate surface area is 145 Å². The zero-order valence-corrected chi connectivity index (χ0v) is 14.4. The minimum absolute atomic E-state index is 0.211. The molecule has 0 bridgehead atoms. The van der Waals surface area contributed by atoms with Crippen molar-refractivity contribution in [2.75, 3.05) is 32.8 Å². The molecule has 1 N–H and O–H groups in total. The molecule has 0 radical (unpaired) electrons. The minimum Gasteiger partial charge on any atom is -0.497 e. The van der Waals surface area contributed by atoms with Crippen molar-refractivity contribution in [1.82, 2.24) is 0 Å². The Balaban J connectivity index is 1.67. The van der Waals surface area contributed by atoms with E-state index in [4.69, 9.17) is 23.4 Å². The van der Waals surface area contributed by atoms with Gasteiger partial charge < -0.3 is 28.7 Å². The summed E-state index contributed by atoms with van der Waals surface area (Å²) in [6.07, 6.45) is 0.963. The third kappa shape index (κ3) is 3.62. The number of rotatable bonds is 5. The van der Waals surface area contributed by atoms with Crippen LogP contribution in [0.5, 0.6) is 11.5 Å². The van der Waals surface area contributed by atoms with E-state index in [1.165, 1.54) is 7.11 Å². The molecule has 0 aliphatic carbocycles. The number of anilines is 1. The Kier molecular flexibility index (Phi) is 4.96. The van der Waals surface area contributed by atoms with E-state index in [2.05, 4.69) is 5.32 Å². The highest BCUT2D eigenvalue weighted by Crippen LogP contribution is 2.34. The fourth-order valence-corrected chi connectivity index (χ4v) is 2.50. The number of hydrogen-bond acceptors (Lipinski definition) is 6. The fraction of sp³-hybridized carbons (Fsp3) is 0.389. The summed E-state index contributed by atoms with van der Waals surface area (Å²) in [5.41, 5.74) is -0.267. The molecule has 1 aromatic carbocycles. The van der Waals surface area contributed by atoms with Crippen LogP contribution in [0.4, 0.5) is 5.69 Å². The molecule has 1 aliphatic rings. The van der Waals surface area contributed by atoms with Crippen LogP contribution < -0.4 is 14.8 Å². The summed E-state index contributed by atoms with van der Waals surface area (Å²) in [5.74, 6) is 1.53. The minimum atomic E-state index is -0.825. The van der Waals surface area contributed by atoms with E-state index >= 15 is 0 Å². The average Bonchev–Trinajstić information content (AvgIpc) is 3.17. The monoisotopic (exact) mass is 347 g/mol.